The van der Waals surface area contributed by atoms with E-state index in [1.165, 1.54) is 11.8 Å². The number of thioether (sulfide) groups is 1. The van der Waals surface area contributed by atoms with Gasteiger partial charge in [-0.25, -0.2) is 8.42 Å². The molecule has 2 saturated heterocycles. The third-order valence-corrected chi connectivity index (χ3v) is 9.26. The largest absolute Gasteiger partial charge is 0.457 e. The van der Waals surface area contributed by atoms with Crippen LogP contribution < -0.4 is 9.64 Å². The van der Waals surface area contributed by atoms with E-state index in [-0.39, 0.29) is 35.1 Å². The number of nitrogens with zero attached hydrogens (tertiary/aromatic N) is 2. The second-order valence-corrected chi connectivity index (χ2v) is 11.9. The standard InChI is InChI=1S/C25H21ClN2O4S2/c26-21-9-5-4-6-17(21)14-24(29)27-25-28(22-15-34(30,31)16-23(22)33-25)18-10-12-20(13-11-18)32-19-7-2-1-3-8-19/h1-13,22-23H,14-16H2/t22-,23-/m1/s1. The molecule has 2 atom stereocenters. The maximum atomic E-state index is 12.8. The van der Waals surface area contributed by atoms with Crippen molar-refractivity contribution >= 4 is 50.0 Å². The monoisotopic (exact) mass is 512 g/mol. The Kier molecular flexibility index (Phi) is 6.38. The predicted molar refractivity (Wildman–Crippen MR) is 137 cm³/mol. The molecule has 0 unspecified atom stereocenters. The van der Waals surface area contributed by atoms with Crippen molar-refractivity contribution in [3.05, 3.63) is 89.4 Å². The van der Waals surface area contributed by atoms with Crippen molar-refractivity contribution in [1.82, 2.24) is 0 Å². The zero-order chi connectivity index (χ0) is 23.7. The Labute approximate surface area is 207 Å². The lowest BCUT2D eigenvalue weighted by Crippen LogP contribution is -2.37. The third kappa shape index (κ3) is 4.99. The van der Waals surface area contributed by atoms with Gasteiger partial charge in [-0.3, -0.25) is 4.79 Å². The second kappa shape index (κ2) is 9.44. The van der Waals surface area contributed by atoms with Crippen LogP contribution in [0, 0.1) is 0 Å². The van der Waals surface area contributed by atoms with Crippen molar-refractivity contribution in [3.63, 3.8) is 0 Å². The van der Waals surface area contributed by atoms with E-state index in [4.69, 9.17) is 16.3 Å². The van der Waals surface area contributed by atoms with Crippen molar-refractivity contribution in [2.45, 2.75) is 17.7 Å². The van der Waals surface area contributed by atoms with Crippen LogP contribution in [0.2, 0.25) is 5.02 Å². The molecule has 3 aromatic carbocycles. The van der Waals surface area contributed by atoms with Crippen LogP contribution in [0.4, 0.5) is 5.69 Å². The number of aliphatic imine (C=N–C) groups is 1. The Morgan fingerprint density at radius 1 is 0.971 bits per heavy atom. The fourth-order valence-electron chi connectivity index (χ4n) is 4.12. The molecule has 0 aromatic heterocycles. The van der Waals surface area contributed by atoms with Gasteiger partial charge in [-0.15, -0.1) is 0 Å². The lowest BCUT2D eigenvalue weighted by molar-refractivity contribution is -0.117. The van der Waals surface area contributed by atoms with Crippen LogP contribution in [0.5, 0.6) is 11.5 Å². The Morgan fingerprint density at radius 3 is 2.38 bits per heavy atom. The molecule has 34 heavy (non-hydrogen) atoms. The topological polar surface area (TPSA) is 76.0 Å². The van der Waals surface area contributed by atoms with Crippen molar-refractivity contribution in [2.24, 2.45) is 4.99 Å². The summed E-state index contributed by atoms with van der Waals surface area (Å²) in [7, 11) is -3.15. The highest BCUT2D eigenvalue weighted by Gasteiger charge is 2.49. The molecular formula is C25H21ClN2O4S2. The van der Waals surface area contributed by atoms with E-state index in [1.807, 2.05) is 71.6 Å². The van der Waals surface area contributed by atoms with Crippen molar-refractivity contribution in [3.8, 4) is 11.5 Å². The maximum absolute atomic E-state index is 12.8. The number of carbonyl (C=O) groups is 1. The summed E-state index contributed by atoms with van der Waals surface area (Å²) in [5, 5.41) is 0.861. The molecule has 3 aromatic rings. The number of benzene rings is 3. The van der Waals surface area contributed by atoms with Gasteiger partial charge in [0.1, 0.15) is 11.5 Å². The number of carbonyl (C=O) groups excluding carboxylic acids is 1. The number of rotatable bonds is 5. The molecule has 0 bridgehead atoms. The van der Waals surface area contributed by atoms with Gasteiger partial charge in [-0.2, -0.15) is 4.99 Å². The molecule has 2 aliphatic rings. The van der Waals surface area contributed by atoms with Gasteiger partial charge in [0.2, 0.25) is 0 Å². The number of anilines is 1. The van der Waals surface area contributed by atoms with Crippen molar-refractivity contribution < 1.29 is 17.9 Å². The summed E-state index contributed by atoms with van der Waals surface area (Å²) in [5.41, 5.74) is 1.47. The van der Waals surface area contributed by atoms with Crippen molar-refractivity contribution in [2.75, 3.05) is 16.4 Å². The minimum atomic E-state index is -3.15. The number of hydrogen-bond donors (Lipinski definition) is 0. The van der Waals surface area contributed by atoms with Crippen LogP contribution in [0.3, 0.4) is 0 Å². The van der Waals surface area contributed by atoms with Gasteiger partial charge in [-0.05, 0) is 48.0 Å². The molecule has 0 saturated carbocycles. The first-order chi connectivity index (χ1) is 16.4. The number of fused-ring (bicyclic) bond motifs is 1. The predicted octanol–water partition coefficient (Wildman–Crippen LogP) is 4.98. The van der Waals surface area contributed by atoms with E-state index in [2.05, 4.69) is 4.99 Å². The van der Waals surface area contributed by atoms with Crippen LogP contribution in [0.15, 0.2) is 83.9 Å². The molecule has 1 amide bonds. The molecule has 174 valence electrons. The first-order valence-corrected chi connectivity index (χ1v) is 13.8. The van der Waals surface area contributed by atoms with E-state index in [0.717, 1.165) is 11.4 Å². The van der Waals surface area contributed by atoms with E-state index >= 15 is 0 Å². The molecule has 2 aliphatic heterocycles. The SMILES string of the molecule is O=C(Cc1ccccc1Cl)N=C1S[C@@H]2CS(=O)(=O)C[C@H]2N1c1ccc(Oc2ccccc2)cc1. The molecular weight excluding hydrogens is 492 g/mol. The minimum Gasteiger partial charge on any atom is -0.457 e. The van der Waals surface area contributed by atoms with Gasteiger partial charge in [0, 0.05) is 16.0 Å². The zero-order valence-corrected chi connectivity index (χ0v) is 20.4. The fraction of sp³-hybridized carbons (Fsp3) is 0.200. The average Bonchev–Trinajstić information content (AvgIpc) is 3.27. The molecule has 0 spiro atoms. The highest BCUT2D eigenvalue weighted by molar-refractivity contribution is 8.16. The summed E-state index contributed by atoms with van der Waals surface area (Å²) in [6, 6.07) is 23.7. The number of ether oxygens (including phenoxy) is 1. The Balaban J connectivity index is 1.41. The normalized spacial score (nSPS) is 22.0. The number of hydrogen-bond acceptors (Lipinski definition) is 5. The van der Waals surface area contributed by atoms with Gasteiger partial charge in [0.15, 0.2) is 15.0 Å². The molecule has 2 heterocycles. The lowest BCUT2D eigenvalue weighted by Gasteiger charge is -2.24. The maximum Gasteiger partial charge on any atom is 0.252 e. The zero-order valence-electron chi connectivity index (χ0n) is 18.0. The molecule has 9 heteroatoms. The van der Waals surface area contributed by atoms with E-state index in [0.29, 0.717) is 21.5 Å². The van der Waals surface area contributed by atoms with Gasteiger partial charge < -0.3 is 9.64 Å². The van der Waals surface area contributed by atoms with Crippen LogP contribution in [0.25, 0.3) is 0 Å². The Morgan fingerprint density at radius 2 is 1.65 bits per heavy atom. The van der Waals surface area contributed by atoms with Crippen LogP contribution in [-0.2, 0) is 21.1 Å². The summed E-state index contributed by atoms with van der Waals surface area (Å²) >= 11 is 7.54. The van der Waals surface area contributed by atoms with Gasteiger partial charge in [-0.1, -0.05) is 59.8 Å². The number of amidine groups is 1. The van der Waals surface area contributed by atoms with Crippen molar-refractivity contribution in [1.29, 1.82) is 0 Å². The molecule has 2 fully saturated rings. The third-order valence-electron chi connectivity index (χ3n) is 5.68. The van der Waals surface area contributed by atoms with E-state index in [1.54, 1.807) is 12.1 Å². The van der Waals surface area contributed by atoms with Gasteiger partial charge >= 0.3 is 0 Å². The number of amides is 1. The summed E-state index contributed by atoms with van der Waals surface area (Å²) in [6.45, 7) is 0. The molecule has 5 rings (SSSR count). The molecule has 6 nitrogen and oxygen atoms in total. The first kappa shape index (κ1) is 23.0. The number of para-hydroxylation sites is 1. The summed E-state index contributed by atoms with van der Waals surface area (Å²) < 4.78 is 30.5. The first-order valence-electron chi connectivity index (χ1n) is 10.7. The lowest BCUT2D eigenvalue weighted by atomic mass is 10.1. The number of halogens is 1. The Hall–Kier alpha value is -2.81. The highest BCUT2D eigenvalue weighted by atomic mass is 35.5. The minimum absolute atomic E-state index is 0.0324. The second-order valence-electron chi connectivity index (χ2n) is 8.14. The molecule has 0 radical (unpaired) electrons. The molecule has 0 N–H and O–H groups in total. The summed E-state index contributed by atoms with van der Waals surface area (Å²) in [5.74, 6) is 1.16. The van der Waals surface area contributed by atoms with Crippen LogP contribution in [-0.4, -0.2) is 42.3 Å². The van der Waals surface area contributed by atoms with Gasteiger partial charge in [0.05, 0.1) is 24.0 Å². The Bertz CT molecular complexity index is 1340. The average molecular weight is 513 g/mol. The number of sulfone groups is 1. The molecule has 0 aliphatic carbocycles. The summed E-state index contributed by atoms with van der Waals surface area (Å²) in [6.07, 6.45) is 0.0784. The van der Waals surface area contributed by atoms with Crippen LogP contribution in [0.1, 0.15) is 5.56 Å². The van der Waals surface area contributed by atoms with Crippen LogP contribution >= 0.6 is 23.4 Å². The quantitative estimate of drug-likeness (QED) is 0.480. The smallest absolute Gasteiger partial charge is 0.252 e. The highest BCUT2D eigenvalue weighted by Crippen LogP contribution is 2.41. The summed E-state index contributed by atoms with van der Waals surface area (Å²) in [4.78, 5) is 19.0. The fourth-order valence-corrected chi connectivity index (χ4v) is 8.25. The van der Waals surface area contributed by atoms with E-state index in [9.17, 15) is 13.2 Å². The van der Waals surface area contributed by atoms with Gasteiger partial charge in [0.25, 0.3) is 5.91 Å². The van der Waals surface area contributed by atoms with E-state index < -0.39 is 9.84 Å².